The molecule has 0 fully saturated rings. The van der Waals surface area contributed by atoms with Crippen molar-refractivity contribution in [1.82, 2.24) is 5.32 Å². The van der Waals surface area contributed by atoms with Crippen LogP contribution in [0.1, 0.15) is 26.3 Å². The minimum absolute atomic E-state index is 0.108. The number of anilines is 2. The maximum absolute atomic E-state index is 12.9. The molecule has 8 nitrogen and oxygen atoms in total. The van der Waals surface area contributed by atoms with Gasteiger partial charge in [0.1, 0.15) is 12.1 Å². The molecule has 0 saturated heterocycles. The van der Waals surface area contributed by atoms with Crippen molar-refractivity contribution in [2.24, 2.45) is 0 Å². The zero-order chi connectivity index (χ0) is 20.8. The molecule has 0 saturated carbocycles. The van der Waals surface area contributed by atoms with Gasteiger partial charge in [0, 0.05) is 0 Å². The molecule has 0 aliphatic heterocycles. The Balaban J connectivity index is 3.03. The fraction of sp³-hybridized carbons (Fsp3) is 0.438. The quantitative estimate of drug-likeness (QED) is 0.730. The van der Waals surface area contributed by atoms with E-state index >= 15 is 0 Å². The zero-order valence-electron chi connectivity index (χ0n) is 15.1. The highest BCUT2D eigenvalue weighted by atomic mass is 19.4. The molecular weight excluding hydrogens is 371 g/mol. The summed E-state index contributed by atoms with van der Waals surface area (Å²) in [7, 11) is 1.09. The van der Waals surface area contributed by atoms with Crippen LogP contribution >= 0.6 is 0 Å². The van der Waals surface area contributed by atoms with Gasteiger partial charge >= 0.3 is 18.4 Å². The number of nitrogens with one attached hydrogen (secondary N) is 3. The molecule has 3 amide bonds. The van der Waals surface area contributed by atoms with Gasteiger partial charge in [-0.2, -0.15) is 13.2 Å². The molecule has 27 heavy (non-hydrogen) atoms. The number of carbonyl (C=O) groups excluding carboxylic acids is 3. The Kier molecular flexibility index (Phi) is 7.03. The summed E-state index contributed by atoms with van der Waals surface area (Å²) < 4.78 is 48.1. The van der Waals surface area contributed by atoms with Crippen molar-refractivity contribution in [3.8, 4) is 0 Å². The van der Waals surface area contributed by atoms with E-state index in [0.29, 0.717) is 6.07 Å². The van der Waals surface area contributed by atoms with Gasteiger partial charge in [0.2, 0.25) is 5.91 Å². The van der Waals surface area contributed by atoms with Crippen molar-refractivity contribution in [2.75, 3.05) is 24.3 Å². The van der Waals surface area contributed by atoms with Crippen LogP contribution in [0, 0.1) is 0 Å². The zero-order valence-corrected chi connectivity index (χ0v) is 15.1. The molecule has 0 bridgehead atoms. The Morgan fingerprint density at radius 1 is 1.00 bits per heavy atom. The molecule has 0 aliphatic carbocycles. The average Bonchev–Trinajstić information content (AvgIpc) is 2.51. The minimum Gasteiger partial charge on any atom is -0.453 e. The molecule has 11 heteroatoms. The van der Waals surface area contributed by atoms with Gasteiger partial charge < -0.3 is 20.1 Å². The van der Waals surface area contributed by atoms with E-state index in [1.165, 1.54) is 0 Å². The van der Waals surface area contributed by atoms with E-state index in [-0.39, 0.29) is 11.4 Å². The SMILES string of the molecule is COC(=O)NCC(=O)Nc1cc(C(F)(F)F)ccc1NC(=O)OC(C)(C)C. The van der Waals surface area contributed by atoms with Gasteiger partial charge in [0.25, 0.3) is 0 Å². The van der Waals surface area contributed by atoms with Crippen LogP contribution in [0.5, 0.6) is 0 Å². The minimum atomic E-state index is -4.66. The third-order valence-electron chi connectivity index (χ3n) is 2.84. The predicted molar refractivity (Wildman–Crippen MR) is 90.3 cm³/mol. The van der Waals surface area contributed by atoms with Crippen molar-refractivity contribution < 1.29 is 37.0 Å². The van der Waals surface area contributed by atoms with Crippen LogP contribution in [0.15, 0.2) is 18.2 Å². The van der Waals surface area contributed by atoms with Crippen LogP contribution in [0.4, 0.5) is 34.1 Å². The number of carbonyl (C=O) groups is 3. The number of hydrogen-bond acceptors (Lipinski definition) is 5. The highest BCUT2D eigenvalue weighted by molar-refractivity contribution is 5.99. The number of rotatable bonds is 4. The first-order chi connectivity index (χ1) is 12.3. The summed E-state index contributed by atoms with van der Waals surface area (Å²) in [5, 5.41) is 6.54. The smallest absolute Gasteiger partial charge is 0.416 e. The summed E-state index contributed by atoms with van der Waals surface area (Å²) in [5.41, 5.74) is -2.28. The van der Waals surface area contributed by atoms with E-state index in [1.54, 1.807) is 20.8 Å². The summed E-state index contributed by atoms with van der Waals surface area (Å²) in [6, 6.07) is 2.38. The van der Waals surface area contributed by atoms with Gasteiger partial charge in [-0.1, -0.05) is 0 Å². The van der Waals surface area contributed by atoms with E-state index < -0.39 is 42.0 Å². The van der Waals surface area contributed by atoms with Crippen molar-refractivity contribution in [3.63, 3.8) is 0 Å². The highest BCUT2D eigenvalue weighted by Gasteiger charge is 2.31. The molecule has 3 N–H and O–H groups in total. The average molecular weight is 391 g/mol. The second-order valence-corrected chi connectivity index (χ2v) is 6.28. The maximum Gasteiger partial charge on any atom is 0.416 e. The fourth-order valence-electron chi connectivity index (χ4n) is 1.77. The molecule has 0 radical (unpaired) electrons. The molecular formula is C16H20F3N3O5. The summed E-state index contributed by atoms with van der Waals surface area (Å²) in [6.45, 7) is 4.29. The Hall–Kier alpha value is -2.98. The summed E-state index contributed by atoms with van der Waals surface area (Å²) in [4.78, 5) is 34.7. The summed E-state index contributed by atoms with van der Waals surface area (Å²) >= 11 is 0. The Morgan fingerprint density at radius 2 is 1.63 bits per heavy atom. The maximum atomic E-state index is 12.9. The van der Waals surface area contributed by atoms with Crippen LogP contribution in [0.25, 0.3) is 0 Å². The summed E-state index contributed by atoms with van der Waals surface area (Å²) in [6.07, 6.45) is -6.46. The normalized spacial score (nSPS) is 11.4. The molecule has 0 aliphatic rings. The first-order valence-corrected chi connectivity index (χ1v) is 7.65. The van der Waals surface area contributed by atoms with Gasteiger partial charge in [0.15, 0.2) is 0 Å². The Bertz CT molecular complexity index is 714. The topological polar surface area (TPSA) is 106 Å². The van der Waals surface area contributed by atoms with E-state index in [9.17, 15) is 27.6 Å². The van der Waals surface area contributed by atoms with E-state index in [2.05, 4.69) is 20.7 Å². The molecule has 0 unspecified atom stereocenters. The highest BCUT2D eigenvalue weighted by Crippen LogP contribution is 2.34. The Morgan fingerprint density at radius 3 is 2.15 bits per heavy atom. The number of methoxy groups -OCH3 is 1. The van der Waals surface area contributed by atoms with E-state index in [4.69, 9.17) is 4.74 Å². The van der Waals surface area contributed by atoms with Gasteiger partial charge in [-0.05, 0) is 39.0 Å². The number of ether oxygens (including phenoxy) is 2. The molecule has 0 heterocycles. The predicted octanol–water partition coefficient (Wildman–Crippen LogP) is 3.35. The van der Waals surface area contributed by atoms with Gasteiger partial charge in [-0.25, -0.2) is 9.59 Å². The number of benzene rings is 1. The van der Waals surface area contributed by atoms with Gasteiger partial charge in [-0.15, -0.1) is 0 Å². The van der Waals surface area contributed by atoms with Crippen molar-refractivity contribution >= 4 is 29.5 Å². The van der Waals surface area contributed by atoms with Crippen LogP contribution < -0.4 is 16.0 Å². The lowest BCUT2D eigenvalue weighted by molar-refractivity contribution is -0.137. The largest absolute Gasteiger partial charge is 0.453 e. The van der Waals surface area contributed by atoms with Crippen LogP contribution in [0.2, 0.25) is 0 Å². The molecule has 0 spiro atoms. The van der Waals surface area contributed by atoms with Crippen LogP contribution in [-0.4, -0.2) is 37.3 Å². The lowest BCUT2D eigenvalue weighted by atomic mass is 10.1. The molecule has 1 rings (SSSR count). The van der Waals surface area contributed by atoms with Gasteiger partial charge in [0.05, 0.1) is 24.0 Å². The van der Waals surface area contributed by atoms with Crippen LogP contribution in [-0.2, 0) is 20.4 Å². The summed E-state index contributed by atoms with van der Waals surface area (Å²) in [5.74, 6) is -0.827. The van der Waals surface area contributed by atoms with Gasteiger partial charge in [-0.3, -0.25) is 10.1 Å². The molecule has 150 valence electrons. The first kappa shape index (κ1) is 22.1. The monoisotopic (exact) mass is 391 g/mol. The van der Waals surface area contributed by atoms with E-state index in [1.807, 2.05) is 0 Å². The van der Waals surface area contributed by atoms with Crippen molar-refractivity contribution in [1.29, 1.82) is 0 Å². The molecule has 1 aromatic rings. The molecule has 1 aromatic carbocycles. The first-order valence-electron chi connectivity index (χ1n) is 7.65. The second-order valence-electron chi connectivity index (χ2n) is 6.28. The van der Waals surface area contributed by atoms with E-state index in [0.717, 1.165) is 19.2 Å². The number of hydrogen-bond donors (Lipinski definition) is 3. The number of amides is 3. The number of alkyl carbamates (subject to hydrolysis) is 1. The third kappa shape index (κ3) is 7.84. The lowest BCUT2D eigenvalue weighted by Crippen LogP contribution is -2.33. The number of alkyl halides is 3. The van der Waals surface area contributed by atoms with Crippen molar-refractivity contribution in [2.45, 2.75) is 32.5 Å². The second kappa shape index (κ2) is 8.60. The number of halogens is 3. The standard InChI is InChI=1S/C16H20F3N3O5/c1-15(2,3)27-14(25)22-10-6-5-9(16(17,18)19)7-11(10)21-12(23)8-20-13(24)26-4/h5-7H,8H2,1-4H3,(H,20,24)(H,21,23)(H,22,25). The third-order valence-corrected chi connectivity index (χ3v) is 2.84. The molecule has 0 aromatic heterocycles. The Labute approximate surface area is 153 Å². The fourth-order valence-corrected chi connectivity index (χ4v) is 1.77. The lowest BCUT2D eigenvalue weighted by Gasteiger charge is -2.21. The van der Waals surface area contributed by atoms with Crippen LogP contribution in [0.3, 0.4) is 0 Å². The van der Waals surface area contributed by atoms with Crippen molar-refractivity contribution in [3.05, 3.63) is 23.8 Å². The molecule has 0 atom stereocenters.